The molecule has 0 aliphatic heterocycles. The van der Waals surface area contributed by atoms with Gasteiger partial charge in [-0.25, -0.2) is 13.2 Å². The molecule has 0 saturated carbocycles. The van der Waals surface area contributed by atoms with Crippen LogP contribution in [0.5, 0.6) is 5.75 Å². The third-order valence-electron chi connectivity index (χ3n) is 4.06. The van der Waals surface area contributed by atoms with Crippen LogP contribution in [-0.4, -0.2) is 26.6 Å². The Balaban J connectivity index is 2.12. The number of esters is 1. The van der Waals surface area contributed by atoms with Gasteiger partial charge in [0.2, 0.25) is 0 Å². The molecule has 3 aromatic rings. The molecule has 3 rings (SSSR count). The highest BCUT2D eigenvalue weighted by atomic mass is 35.5. The van der Waals surface area contributed by atoms with Crippen molar-refractivity contribution in [1.82, 2.24) is 0 Å². The monoisotopic (exact) mass is 451 g/mol. The molecule has 0 fully saturated rings. The third-order valence-corrected chi connectivity index (χ3v) is 5.94. The minimum atomic E-state index is -4.33. The number of phenolic OH excluding ortho intramolecular Hbond substituents is 1. The highest BCUT2D eigenvalue weighted by Gasteiger charge is 2.24. The molecule has 3 aromatic carbocycles. The molecular weight excluding hydrogens is 437 g/mol. The van der Waals surface area contributed by atoms with Gasteiger partial charge in [-0.1, -0.05) is 59.6 Å². The summed E-state index contributed by atoms with van der Waals surface area (Å²) in [6.07, 6.45) is 0. The Morgan fingerprint density at radius 2 is 1.69 bits per heavy atom. The van der Waals surface area contributed by atoms with Gasteiger partial charge in [0.05, 0.1) is 23.4 Å². The first-order chi connectivity index (χ1) is 13.7. The van der Waals surface area contributed by atoms with Crippen LogP contribution < -0.4 is 4.72 Å². The van der Waals surface area contributed by atoms with Crippen molar-refractivity contribution in [1.29, 1.82) is 0 Å². The number of benzene rings is 3. The van der Waals surface area contributed by atoms with Gasteiger partial charge in [0, 0.05) is 5.02 Å². The van der Waals surface area contributed by atoms with Crippen molar-refractivity contribution in [2.45, 2.75) is 4.90 Å². The molecule has 0 spiro atoms. The molecule has 0 atom stereocenters. The van der Waals surface area contributed by atoms with Crippen molar-refractivity contribution in [3.63, 3.8) is 0 Å². The van der Waals surface area contributed by atoms with Gasteiger partial charge in [-0.05, 0) is 35.4 Å². The quantitative estimate of drug-likeness (QED) is 0.535. The first kappa shape index (κ1) is 21.0. The van der Waals surface area contributed by atoms with Crippen molar-refractivity contribution in [3.8, 4) is 16.9 Å². The second-order valence-electron chi connectivity index (χ2n) is 5.96. The average molecular weight is 452 g/mol. The minimum Gasteiger partial charge on any atom is -0.505 e. The van der Waals surface area contributed by atoms with Crippen LogP contribution in [0.2, 0.25) is 10.0 Å². The van der Waals surface area contributed by atoms with Gasteiger partial charge >= 0.3 is 5.97 Å². The number of hydrogen-bond donors (Lipinski definition) is 2. The molecule has 0 bridgehead atoms. The molecule has 29 heavy (non-hydrogen) atoms. The Morgan fingerprint density at radius 3 is 2.34 bits per heavy atom. The van der Waals surface area contributed by atoms with Crippen LogP contribution in [0.1, 0.15) is 10.4 Å². The molecule has 0 aliphatic carbocycles. The van der Waals surface area contributed by atoms with E-state index in [9.17, 15) is 18.3 Å². The number of rotatable bonds is 5. The Kier molecular flexibility index (Phi) is 6.02. The Bertz CT molecular complexity index is 1180. The van der Waals surface area contributed by atoms with Crippen LogP contribution in [0.25, 0.3) is 11.1 Å². The highest BCUT2D eigenvalue weighted by molar-refractivity contribution is 7.92. The van der Waals surface area contributed by atoms with Crippen molar-refractivity contribution in [3.05, 3.63) is 76.3 Å². The summed E-state index contributed by atoms with van der Waals surface area (Å²) in [7, 11) is -3.14. The fourth-order valence-corrected chi connectivity index (χ4v) is 4.50. The highest BCUT2D eigenvalue weighted by Crippen LogP contribution is 2.36. The predicted octanol–water partition coefficient (Wildman–Crippen LogP) is 4.95. The van der Waals surface area contributed by atoms with Gasteiger partial charge in [0.25, 0.3) is 10.0 Å². The zero-order valence-corrected chi connectivity index (χ0v) is 17.3. The van der Waals surface area contributed by atoms with Gasteiger partial charge in [-0.2, -0.15) is 0 Å². The summed E-state index contributed by atoms with van der Waals surface area (Å²) in [5, 5.41) is 9.90. The Hall–Kier alpha value is -2.74. The summed E-state index contributed by atoms with van der Waals surface area (Å²) < 4.78 is 32.9. The molecular formula is C20H15Cl2NO5S. The minimum absolute atomic E-state index is 0.00312. The number of anilines is 1. The zero-order chi connectivity index (χ0) is 21.2. The number of phenols is 1. The SMILES string of the molecule is COC(=O)c1ccc(-c2ccccc2)cc1NS(=O)(=O)c1cc(Cl)cc(Cl)c1O. The second kappa shape index (κ2) is 8.32. The van der Waals surface area contributed by atoms with E-state index in [0.29, 0.717) is 5.56 Å². The molecule has 0 saturated heterocycles. The van der Waals surface area contributed by atoms with Crippen molar-refractivity contribution in [2.75, 3.05) is 11.8 Å². The van der Waals surface area contributed by atoms with Crippen LogP contribution in [0.4, 0.5) is 5.69 Å². The summed E-state index contributed by atoms with van der Waals surface area (Å²) in [5.41, 5.74) is 1.47. The number of aromatic hydroxyl groups is 1. The number of halogens is 2. The molecule has 6 nitrogen and oxygen atoms in total. The third kappa shape index (κ3) is 4.48. The number of methoxy groups -OCH3 is 1. The van der Waals surface area contributed by atoms with E-state index in [1.165, 1.54) is 25.3 Å². The molecule has 0 aliphatic rings. The molecule has 0 heterocycles. The van der Waals surface area contributed by atoms with E-state index < -0.39 is 26.6 Å². The average Bonchev–Trinajstić information content (AvgIpc) is 2.70. The van der Waals surface area contributed by atoms with Gasteiger partial charge in [0.15, 0.2) is 5.75 Å². The summed E-state index contributed by atoms with van der Waals surface area (Å²) in [6, 6.07) is 16.1. The molecule has 0 unspecified atom stereocenters. The number of ether oxygens (including phenoxy) is 1. The van der Waals surface area contributed by atoms with Crippen molar-refractivity contribution < 1.29 is 23.1 Å². The number of carbonyl (C=O) groups is 1. The number of carbonyl (C=O) groups excluding carboxylic acids is 1. The van der Waals surface area contributed by atoms with Gasteiger partial charge in [-0.3, -0.25) is 4.72 Å². The van der Waals surface area contributed by atoms with E-state index in [2.05, 4.69) is 4.72 Å². The summed E-state index contributed by atoms with van der Waals surface area (Å²) in [4.78, 5) is 11.6. The van der Waals surface area contributed by atoms with Gasteiger partial charge < -0.3 is 9.84 Å². The van der Waals surface area contributed by atoms with Crippen LogP contribution in [0, 0.1) is 0 Å². The maximum atomic E-state index is 12.9. The molecule has 2 N–H and O–H groups in total. The standard InChI is InChI=1S/C20H15Cl2NO5S/c1-28-20(25)15-8-7-13(12-5-3-2-4-6-12)9-17(15)23-29(26,27)18-11-14(21)10-16(22)19(18)24/h2-11,23-24H,1H3. The van der Waals surface area contributed by atoms with Crippen LogP contribution >= 0.6 is 23.2 Å². The molecule has 150 valence electrons. The Labute approximate surface area is 177 Å². The zero-order valence-electron chi connectivity index (χ0n) is 15.0. The maximum absolute atomic E-state index is 12.9. The number of nitrogens with one attached hydrogen (secondary N) is 1. The van der Waals surface area contributed by atoms with E-state index in [1.54, 1.807) is 6.07 Å². The van der Waals surface area contributed by atoms with Gasteiger partial charge in [0.1, 0.15) is 4.90 Å². The topological polar surface area (TPSA) is 92.7 Å². The first-order valence-electron chi connectivity index (χ1n) is 8.21. The summed E-state index contributed by atoms with van der Waals surface area (Å²) >= 11 is 11.7. The molecule has 9 heteroatoms. The van der Waals surface area contributed by atoms with Crippen molar-refractivity contribution >= 4 is 44.9 Å². The lowest BCUT2D eigenvalue weighted by Gasteiger charge is -2.15. The Morgan fingerprint density at radius 1 is 1.00 bits per heavy atom. The van der Waals surface area contributed by atoms with E-state index in [0.717, 1.165) is 11.6 Å². The fourth-order valence-electron chi connectivity index (χ4n) is 2.67. The van der Waals surface area contributed by atoms with E-state index >= 15 is 0 Å². The molecule has 0 amide bonds. The summed E-state index contributed by atoms with van der Waals surface area (Å²) in [6.45, 7) is 0. The largest absolute Gasteiger partial charge is 0.505 e. The molecule has 0 aromatic heterocycles. The lowest BCUT2D eigenvalue weighted by Crippen LogP contribution is -2.16. The van der Waals surface area contributed by atoms with Crippen molar-refractivity contribution in [2.24, 2.45) is 0 Å². The number of hydrogen-bond acceptors (Lipinski definition) is 5. The maximum Gasteiger partial charge on any atom is 0.339 e. The van der Waals surface area contributed by atoms with E-state index in [1.807, 2.05) is 30.3 Å². The van der Waals surface area contributed by atoms with Crippen LogP contribution in [0.3, 0.4) is 0 Å². The van der Waals surface area contributed by atoms with E-state index in [4.69, 9.17) is 27.9 Å². The van der Waals surface area contributed by atoms with Gasteiger partial charge in [-0.15, -0.1) is 0 Å². The lowest BCUT2D eigenvalue weighted by atomic mass is 10.0. The number of sulfonamides is 1. The van der Waals surface area contributed by atoms with Crippen LogP contribution in [0.15, 0.2) is 65.6 Å². The predicted molar refractivity (Wildman–Crippen MR) is 112 cm³/mol. The second-order valence-corrected chi connectivity index (χ2v) is 8.45. The van der Waals surface area contributed by atoms with Crippen LogP contribution in [-0.2, 0) is 14.8 Å². The fraction of sp³-hybridized carbons (Fsp3) is 0.0500. The lowest BCUT2D eigenvalue weighted by molar-refractivity contribution is 0.0602. The first-order valence-corrected chi connectivity index (χ1v) is 10.5. The smallest absolute Gasteiger partial charge is 0.339 e. The van der Waals surface area contributed by atoms with E-state index in [-0.39, 0.29) is 21.3 Å². The normalized spacial score (nSPS) is 11.1. The molecule has 0 radical (unpaired) electrons. The summed E-state index contributed by atoms with van der Waals surface area (Å²) in [5.74, 6) is -1.38.